The molecule has 0 atom stereocenters. The Hall–Kier alpha value is -2.49. The van der Waals surface area contributed by atoms with E-state index in [1.165, 1.54) is 11.4 Å². The molecule has 7 nitrogen and oxygen atoms in total. The van der Waals surface area contributed by atoms with Crippen LogP contribution in [0.3, 0.4) is 0 Å². The predicted molar refractivity (Wildman–Crippen MR) is 117 cm³/mol. The van der Waals surface area contributed by atoms with Crippen molar-refractivity contribution in [2.75, 3.05) is 25.5 Å². The summed E-state index contributed by atoms with van der Waals surface area (Å²) < 4.78 is 33.3. The topological polar surface area (TPSA) is 88.6 Å². The van der Waals surface area contributed by atoms with Crippen molar-refractivity contribution in [1.82, 2.24) is 9.29 Å². The van der Waals surface area contributed by atoms with Crippen molar-refractivity contribution in [2.24, 2.45) is 5.92 Å². The average Bonchev–Trinajstić information content (AvgIpc) is 3.13. The third kappa shape index (κ3) is 4.19. The number of carbonyl (C=O) groups excluding carboxylic acids is 1. The number of thiazole rings is 1. The van der Waals surface area contributed by atoms with E-state index in [4.69, 9.17) is 4.74 Å². The van der Waals surface area contributed by atoms with Crippen LogP contribution < -0.4 is 10.1 Å². The number of methoxy groups -OCH3 is 1. The molecule has 0 aliphatic carbocycles. The molecule has 1 aliphatic rings. The summed E-state index contributed by atoms with van der Waals surface area (Å²) in [7, 11) is -2.04. The van der Waals surface area contributed by atoms with Crippen molar-refractivity contribution in [3.05, 3.63) is 47.5 Å². The number of hydrogen-bond acceptors (Lipinski definition) is 6. The maximum Gasteiger partial charge on any atom is 0.243 e. The summed E-state index contributed by atoms with van der Waals surface area (Å²) in [6.07, 6.45) is 0.978. The van der Waals surface area contributed by atoms with Gasteiger partial charge in [0.1, 0.15) is 5.75 Å². The lowest BCUT2D eigenvalue weighted by molar-refractivity contribution is -0.120. The van der Waals surface area contributed by atoms with Gasteiger partial charge in [0.05, 0.1) is 27.2 Å². The summed E-state index contributed by atoms with van der Waals surface area (Å²) in [4.78, 5) is 17.4. The van der Waals surface area contributed by atoms with Gasteiger partial charge in [0.25, 0.3) is 0 Å². The monoisotopic (exact) mass is 445 g/mol. The van der Waals surface area contributed by atoms with E-state index < -0.39 is 10.0 Å². The van der Waals surface area contributed by atoms with E-state index in [9.17, 15) is 13.2 Å². The highest BCUT2D eigenvalue weighted by atomic mass is 32.2. The van der Waals surface area contributed by atoms with Gasteiger partial charge >= 0.3 is 0 Å². The van der Waals surface area contributed by atoms with Gasteiger partial charge in [-0.25, -0.2) is 13.4 Å². The van der Waals surface area contributed by atoms with E-state index in [0.29, 0.717) is 31.7 Å². The van der Waals surface area contributed by atoms with Crippen LogP contribution in [0.5, 0.6) is 5.75 Å². The van der Waals surface area contributed by atoms with Crippen molar-refractivity contribution in [3.63, 3.8) is 0 Å². The number of rotatable bonds is 5. The van der Waals surface area contributed by atoms with Crippen LogP contribution in [0.2, 0.25) is 0 Å². The van der Waals surface area contributed by atoms with Gasteiger partial charge in [-0.3, -0.25) is 4.79 Å². The highest BCUT2D eigenvalue weighted by molar-refractivity contribution is 7.89. The second kappa shape index (κ2) is 8.33. The molecule has 30 heavy (non-hydrogen) atoms. The zero-order valence-electron chi connectivity index (χ0n) is 16.8. The molecule has 158 valence electrons. The van der Waals surface area contributed by atoms with Crippen LogP contribution >= 0.6 is 11.3 Å². The molecule has 0 bridgehead atoms. The Morgan fingerprint density at radius 3 is 2.53 bits per heavy atom. The molecule has 2 aromatic carbocycles. The third-order valence-electron chi connectivity index (χ3n) is 5.28. The van der Waals surface area contributed by atoms with Gasteiger partial charge in [-0.15, -0.1) is 11.3 Å². The van der Waals surface area contributed by atoms with E-state index in [0.717, 1.165) is 20.9 Å². The van der Waals surface area contributed by atoms with E-state index in [1.54, 1.807) is 35.6 Å². The van der Waals surface area contributed by atoms with Gasteiger partial charge in [-0.2, -0.15) is 4.31 Å². The molecular weight excluding hydrogens is 422 g/mol. The van der Waals surface area contributed by atoms with Crippen molar-refractivity contribution in [1.29, 1.82) is 0 Å². The number of benzene rings is 2. The number of ether oxygens (including phenoxy) is 1. The van der Waals surface area contributed by atoms with Crippen molar-refractivity contribution >= 4 is 43.2 Å². The summed E-state index contributed by atoms with van der Waals surface area (Å²) in [5, 5.41) is 3.95. The molecule has 1 amide bonds. The second-order valence-electron chi connectivity index (χ2n) is 7.26. The van der Waals surface area contributed by atoms with Crippen LogP contribution in [0.15, 0.2) is 47.4 Å². The molecule has 1 aliphatic heterocycles. The zero-order chi connectivity index (χ0) is 21.3. The average molecular weight is 446 g/mol. The molecule has 2 heterocycles. The Bertz CT molecular complexity index is 1160. The van der Waals surface area contributed by atoms with Crippen LogP contribution in [0.1, 0.15) is 17.8 Å². The van der Waals surface area contributed by atoms with E-state index in [1.807, 2.05) is 25.1 Å². The van der Waals surface area contributed by atoms with Gasteiger partial charge in [0.2, 0.25) is 15.9 Å². The third-order valence-corrected chi connectivity index (χ3v) is 8.13. The molecule has 9 heteroatoms. The quantitative estimate of drug-likeness (QED) is 0.648. The van der Waals surface area contributed by atoms with Crippen molar-refractivity contribution < 1.29 is 17.9 Å². The fraction of sp³-hybridized carbons (Fsp3) is 0.333. The molecular formula is C21H23N3O4S2. The number of nitrogens with one attached hydrogen (secondary N) is 1. The number of anilines is 1. The van der Waals surface area contributed by atoms with Gasteiger partial charge in [-0.05, 0) is 62.2 Å². The molecule has 4 rings (SSSR count). The van der Waals surface area contributed by atoms with Crippen LogP contribution in [0, 0.1) is 12.8 Å². The Morgan fingerprint density at radius 1 is 1.17 bits per heavy atom. The van der Waals surface area contributed by atoms with Gasteiger partial charge < -0.3 is 10.1 Å². The molecule has 0 saturated carbocycles. The van der Waals surface area contributed by atoms with E-state index in [-0.39, 0.29) is 16.7 Å². The number of aryl methyl sites for hydroxylation is 1. The molecule has 3 aromatic rings. The number of aromatic nitrogens is 1. The largest absolute Gasteiger partial charge is 0.497 e. The molecule has 1 saturated heterocycles. The minimum absolute atomic E-state index is 0.0721. The molecule has 1 fully saturated rings. The van der Waals surface area contributed by atoms with Crippen molar-refractivity contribution in [2.45, 2.75) is 24.7 Å². The number of piperidine rings is 1. The Morgan fingerprint density at radius 2 is 1.87 bits per heavy atom. The fourth-order valence-corrected chi connectivity index (χ4v) is 5.95. The number of fused-ring (bicyclic) bond motifs is 1. The lowest BCUT2D eigenvalue weighted by atomic mass is 9.97. The van der Waals surface area contributed by atoms with Crippen LogP contribution in [-0.2, 0) is 14.8 Å². The zero-order valence-corrected chi connectivity index (χ0v) is 18.4. The highest BCUT2D eigenvalue weighted by Gasteiger charge is 2.32. The van der Waals surface area contributed by atoms with Crippen LogP contribution in [-0.4, -0.2) is 43.8 Å². The molecule has 0 spiro atoms. The number of amides is 1. The first kappa shape index (κ1) is 20.8. The van der Waals surface area contributed by atoms with Crippen molar-refractivity contribution in [3.8, 4) is 5.75 Å². The lowest BCUT2D eigenvalue weighted by Crippen LogP contribution is -2.41. The summed E-state index contributed by atoms with van der Waals surface area (Å²) in [5.74, 6) is 0.319. The SMILES string of the molecule is COc1ccc(S(=O)(=O)N2CCC(C(=O)Nc3ccc4nc(C)sc4c3)CC2)cc1. The minimum atomic E-state index is -3.58. The Balaban J connectivity index is 1.38. The minimum Gasteiger partial charge on any atom is -0.497 e. The summed E-state index contributed by atoms with van der Waals surface area (Å²) >= 11 is 1.59. The summed E-state index contributed by atoms with van der Waals surface area (Å²) in [6.45, 7) is 2.59. The van der Waals surface area contributed by atoms with E-state index >= 15 is 0 Å². The molecule has 1 aromatic heterocycles. The smallest absolute Gasteiger partial charge is 0.243 e. The second-order valence-corrected chi connectivity index (χ2v) is 10.4. The van der Waals surface area contributed by atoms with E-state index in [2.05, 4.69) is 10.3 Å². The number of carbonyl (C=O) groups is 1. The van der Waals surface area contributed by atoms with Crippen LogP contribution in [0.25, 0.3) is 10.2 Å². The molecule has 0 unspecified atom stereocenters. The Labute approximate surface area is 179 Å². The highest BCUT2D eigenvalue weighted by Crippen LogP contribution is 2.28. The number of sulfonamides is 1. The normalized spacial score (nSPS) is 15.9. The van der Waals surface area contributed by atoms with Gasteiger partial charge in [0, 0.05) is 24.7 Å². The number of hydrogen-bond donors (Lipinski definition) is 1. The predicted octanol–water partition coefficient (Wildman–Crippen LogP) is 3.65. The summed E-state index contributed by atoms with van der Waals surface area (Å²) in [5.41, 5.74) is 1.66. The Kier molecular flexibility index (Phi) is 5.77. The molecule has 0 radical (unpaired) electrons. The lowest BCUT2D eigenvalue weighted by Gasteiger charge is -2.30. The maximum absolute atomic E-state index is 12.9. The van der Waals surface area contributed by atoms with Gasteiger partial charge in [0.15, 0.2) is 0 Å². The fourth-order valence-electron chi connectivity index (χ4n) is 3.62. The summed E-state index contributed by atoms with van der Waals surface area (Å²) in [6, 6.07) is 12.0. The standard InChI is InChI=1S/C21H23N3O4S2/c1-14-22-19-8-3-16(13-20(19)29-14)23-21(25)15-9-11-24(12-10-15)30(26,27)18-6-4-17(28-2)5-7-18/h3-8,13,15H,9-12H2,1-2H3,(H,23,25). The first-order valence-corrected chi connectivity index (χ1v) is 11.9. The first-order chi connectivity index (χ1) is 14.4. The maximum atomic E-state index is 12.9. The van der Waals surface area contributed by atoms with Crippen LogP contribution in [0.4, 0.5) is 5.69 Å². The first-order valence-electron chi connectivity index (χ1n) is 9.69. The molecule has 1 N–H and O–H groups in total. The number of nitrogens with zero attached hydrogens (tertiary/aromatic N) is 2. The van der Waals surface area contributed by atoms with Gasteiger partial charge in [-0.1, -0.05) is 0 Å².